The number of nitrogens with zero attached hydrogens (tertiary/aromatic N) is 1. The van der Waals surface area contributed by atoms with Gasteiger partial charge in [0.05, 0.1) is 0 Å². The first-order valence-electron chi connectivity index (χ1n) is 10.6. The molecule has 1 fully saturated rings. The Hall–Kier alpha value is -1.69. The highest BCUT2D eigenvalue weighted by molar-refractivity contribution is 7.99. The minimum atomic E-state index is -0.549. The van der Waals surface area contributed by atoms with Crippen molar-refractivity contribution < 1.29 is 9.59 Å². The van der Waals surface area contributed by atoms with E-state index in [4.69, 9.17) is 23.2 Å². The number of benzene rings is 2. The monoisotopic (exact) mass is 478 g/mol. The molecular weight excluding hydrogens is 451 g/mol. The van der Waals surface area contributed by atoms with E-state index in [1.807, 2.05) is 42.5 Å². The molecule has 0 spiro atoms. The zero-order chi connectivity index (χ0) is 22.2. The molecule has 0 radical (unpaired) electrons. The first-order valence-corrected chi connectivity index (χ1v) is 12.4. The number of hydrogen-bond donors (Lipinski definition) is 1. The molecule has 3 rings (SSSR count). The fraction of sp³-hybridized carbons (Fsp3) is 0.417. The normalized spacial score (nSPS) is 14.9. The summed E-state index contributed by atoms with van der Waals surface area (Å²) in [4.78, 5) is 28.7. The van der Waals surface area contributed by atoms with Gasteiger partial charge in [-0.25, -0.2) is 0 Å². The van der Waals surface area contributed by atoms with Crippen LogP contribution in [0.2, 0.25) is 10.0 Å². The van der Waals surface area contributed by atoms with Gasteiger partial charge >= 0.3 is 0 Å². The molecule has 1 aliphatic rings. The summed E-state index contributed by atoms with van der Waals surface area (Å²) in [6.07, 6.45) is 4.66. The molecule has 166 valence electrons. The van der Waals surface area contributed by atoms with Gasteiger partial charge in [0.2, 0.25) is 11.8 Å². The van der Waals surface area contributed by atoms with E-state index in [1.54, 1.807) is 29.7 Å². The van der Waals surface area contributed by atoms with Crippen LogP contribution in [0.3, 0.4) is 0 Å². The molecule has 0 bridgehead atoms. The second-order valence-corrected chi connectivity index (χ2v) is 9.91. The highest BCUT2D eigenvalue weighted by atomic mass is 35.5. The van der Waals surface area contributed by atoms with Crippen molar-refractivity contribution >= 4 is 46.8 Å². The maximum Gasteiger partial charge on any atom is 0.242 e. The highest BCUT2D eigenvalue weighted by Gasteiger charge is 2.28. The van der Waals surface area contributed by atoms with Crippen LogP contribution in [0.1, 0.15) is 44.6 Å². The molecule has 2 aromatic carbocycles. The van der Waals surface area contributed by atoms with Crippen LogP contribution < -0.4 is 5.32 Å². The summed E-state index contributed by atoms with van der Waals surface area (Å²) in [7, 11) is 0. The Morgan fingerprint density at radius 2 is 1.81 bits per heavy atom. The second-order valence-electron chi connectivity index (χ2n) is 7.87. The van der Waals surface area contributed by atoms with E-state index >= 15 is 0 Å². The highest BCUT2D eigenvalue weighted by Crippen LogP contribution is 2.23. The van der Waals surface area contributed by atoms with Gasteiger partial charge in [-0.3, -0.25) is 9.59 Å². The van der Waals surface area contributed by atoms with Crippen LogP contribution in [0.15, 0.2) is 53.4 Å². The van der Waals surface area contributed by atoms with Crippen LogP contribution in [0.5, 0.6) is 0 Å². The van der Waals surface area contributed by atoms with Gasteiger partial charge in [-0.1, -0.05) is 48.2 Å². The maximum atomic E-state index is 13.1. The van der Waals surface area contributed by atoms with Crippen molar-refractivity contribution in [2.45, 2.75) is 62.6 Å². The molecule has 4 nitrogen and oxygen atoms in total. The molecule has 7 heteroatoms. The molecule has 0 aromatic heterocycles. The van der Waals surface area contributed by atoms with Crippen molar-refractivity contribution in [2.24, 2.45) is 0 Å². The van der Waals surface area contributed by atoms with E-state index in [9.17, 15) is 9.59 Å². The Labute approximate surface area is 198 Å². The van der Waals surface area contributed by atoms with Gasteiger partial charge in [0, 0.05) is 39.7 Å². The Morgan fingerprint density at radius 1 is 1.10 bits per heavy atom. The molecule has 0 aliphatic heterocycles. The molecule has 1 unspecified atom stereocenters. The summed E-state index contributed by atoms with van der Waals surface area (Å²) < 4.78 is 0. The van der Waals surface area contributed by atoms with Crippen LogP contribution >= 0.6 is 35.0 Å². The van der Waals surface area contributed by atoms with Crippen LogP contribution in [-0.2, 0) is 16.1 Å². The average Bonchev–Trinajstić information content (AvgIpc) is 3.26. The van der Waals surface area contributed by atoms with Crippen molar-refractivity contribution in [1.82, 2.24) is 10.2 Å². The smallest absolute Gasteiger partial charge is 0.242 e. The molecule has 1 atom stereocenters. The Bertz CT molecular complexity index is 885. The van der Waals surface area contributed by atoms with E-state index < -0.39 is 6.04 Å². The summed E-state index contributed by atoms with van der Waals surface area (Å²) in [5, 5.41) is 4.43. The first kappa shape index (κ1) is 24.0. The van der Waals surface area contributed by atoms with E-state index in [0.29, 0.717) is 28.8 Å². The summed E-state index contributed by atoms with van der Waals surface area (Å²) >= 11 is 13.7. The van der Waals surface area contributed by atoms with Crippen molar-refractivity contribution in [3.05, 3.63) is 64.1 Å². The largest absolute Gasteiger partial charge is 0.352 e. The lowest BCUT2D eigenvalue weighted by molar-refractivity contribution is -0.140. The van der Waals surface area contributed by atoms with E-state index in [2.05, 4.69) is 5.32 Å². The molecular formula is C24H28Cl2N2O2S. The number of thioether (sulfide) groups is 1. The van der Waals surface area contributed by atoms with Gasteiger partial charge in [0.1, 0.15) is 6.04 Å². The average molecular weight is 479 g/mol. The minimum Gasteiger partial charge on any atom is -0.352 e. The number of rotatable bonds is 9. The summed E-state index contributed by atoms with van der Waals surface area (Å²) in [5.74, 6) is 0.492. The van der Waals surface area contributed by atoms with Crippen LogP contribution in [0.4, 0.5) is 0 Å². The predicted molar refractivity (Wildman–Crippen MR) is 129 cm³/mol. The molecule has 0 saturated heterocycles. The summed E-state index contributed by atoms with van der Waals surface area (Å²) in [5.41, 5.74) is 0.909. The number of carbonyl (C=O) groups excluding carboxylic acids is 2. The van der Waals surface area contributed by atoms with Crippen LogP contribution in [-0.4, -0.2) is 34.6 Å². The molecule has 0 heterocycles. The van der Waals surface area contributed by atoms with E-state index in [-0.39, 0.29) is 17.9 Å². The fourth-order valence-corrected chi connectivity index (χ4v) is 4.92. The van der Waals surface area contributed by atoms with Crippen molar-refractivity contribution in [2.75, 3.05) is 5.75 Å². The topological polar surface area (TPSA) is 49.4 Å². The lowest BCUT2D eigenvalue weighted by atomic mass is 10.1. The number of halogens is 2. The summed E-state index contributed by atoms with van der Waals surface area (Å²) in [6.45, 7) is 2.16. The van der Waals surface area contributed by atoms with Gasteiger partial charge in [0.15, 0.2) is 0 Å². The second kappa shape index (κ2) is 11.8. The standard InChI is InChI=1S/C24H28Cl2N2O2S/c1-17(24(30)27-21-7-2-3-8-21)28(16-18-5-4-6-20(26)15-18)23(29)13-14-31-22-11-9-19(25)10-12-22/h4-6,9-12,15,17,21H,2-3,7-8,13-14,16H2,1H3,(H,27,30). The molecule has 31 heavy (non-hydrogen) atoms. The fourth-order valence-electron chi connectivity index (χ4n) is 3.74. The molecule has 1 saturated carbocycles. The SMILES string of the molecule is CC(C(=O)NC1CCCC1)N(Cc1cccc(Cl)c1)C(=O)CCSc1ccc(Cl)cc1. The Kier molecular flexibility index (Phi) is 9.12. The minimum absolute atomic E-state index is 0.0458. The zero-order valence-electron chi connectivity index (χ0n) is 17.7. The number of amides is 2. The van der Waals surface area contributed by atoms with Gasteiger partial charge < -0.3 is 10.2 Å². The van der Waals surface area contributed by atoms with Gasteiger partial charge in [-0.15, -0.1) is 11.8 Å². The van der Waals surface area contributed by atoms with Crippen molar-refractivity contribution in [3.63, 3.8) is 0 Å². The van der Waals surface area contributed by atoms with Gasteiger partial charge in [-0.05, 0) is 61.7 Å². The third-order valence-corrected chi connectivity index (χ3v) is 7.01. The third-order valence-electron chi connectivity index (χ3n) is 5.51. The first-order chi connectivity index (χ1) is 14.9. The van der Waals surface area contributed by atoms with E-state index in [1.165, 1.54) is 0 Å². The molecule has 1 N–H and O–H groups in total. The van der Waals surface area contributed by atoms with E-state index in [0.717, 1.165) is 36.1 Å². The molecule has 2 aromatic rings. The Morgan fingerprint density at radius 3 is 2.48 bits per heavy atom. The molecule has 2 amide bonds. The third kappa shape index (κ3) is 7.44. The van der Waals surface area contributed by atoms with Crippen LogP contribution in [0, 0.1) is 0 Å². The number of nitrogens with one attached hydrogen (secondary N) is 1. The van der Waals surface area contributed by atoms with Gasteiger partial charge in [-0.2, -0.15) is 0 Å². The van der Waals surface area contributed by atoms with Crippen LogP contribution in [0.25, 0.3) is 0 Å². The number of hydrogen-bond acceptors (Lipinski definition) is 3. The molecule has 1 aliphatic carbocycles. The maximum absolute atomic E-state index is 13.1. The van der Waals surface area contributed by atoms with Crippen molar-refractivity contribution in [3.8, 4) is 0 Å². The lowest BCUT2D eigenvalue weighted by Crippen LogP contribution is -2.49. The van der Waals surface area contributed by atoms with Crippen molar-refractivity contribution in [1.29, 1.82) is 0 Å². The number of carbonyl (C=O) groups is 2. The Balaban J connectivity index is 1.65. The predicted octanol–water partition coefficient (Wildman–Crippen LogP) is 5.95. The lowest BCUT2D eigenvalue weighted by Gasteiger charge is -2.30. The summed E-state index contributed by atoms with van der Waals surface area (Å²) in [6, 6.07) is 14.7. The van der Waals surface area contributed by atoms with Gasteiger partial charge in [0.25, 0.3) is 0 Å². The zero-order valence-corrected chi connectivity index (χ0v) is 20.0. The quantitative estimate of drug-likeness (QED) is 0.452.